The van der Waals surface area contributed by atoms with Gasteiger partial charge in [-0.25, -0.2) is 4.98 Å². The number of hydrogen-bond acceptors (Lipinski definition) is 3. The molecule has 2 atom stereocenters. The monoisotopic (exact) mass is 195 g/mol. The summed E-state index contributed by atoms with van der Waals surface area (Å²) in [6, 6.07) is 0. The Kier molecular flexibility index (Phi) is 2.84. The minimum atomic E-state index is 0.184. The van der Waals surface area contributed by atoms with Gasteiger partial charge >= 0.3 is 0 Å². The van der Waals surface area contributed by atoms with E-state index in [-0.39, 0.29) is 6.10 Å². The van der Waals surface area contributed by atoms with Crippen LogP contribution in [0, 0.1) is 5.92 Å². The van der Waals surface area contributed by atoms with E-state index in [4.69, 9.17) is 4.74 Å². The molecule has 1 fully saturated rings. The summed E-state index contributed by atoms with van der Waals surface area (Å²) in [6.07, 6.45) is 5.18. The van der Waals surface area contributed by atoms with Crippen LogP contribution < -0.4 is 5.32 Å². The van der Waals surface area contributed by atoms with Crippen LogP contribution in [-0.4, -0.2) is 29.8 Å². The van der Waals surface area contributed by atoms with Crippen LogP contribution in [0.15, 0.2) is 12.5 Å². The second-order valence-corrected chi connectivity index (χ2v) is 3.86. The van der Waals surface area contributed by atoms with Crippen molar-refractivity contribution in [1.29, 1.82) is 0 Å². The zero-order valence-corrected chi connectivity index (χ0v) is 8.73. The molecule has 0 amide bonds. The molecular formula is C10H17N3O. The van der Waals surface area contributed by atoms with Crippen LogP contribution in [0.1, 0.15) is 18.2 Å². The molecule has 2 heterocycles. The smallest absolute Gasteiger partial charge is 0.105 e. The van der Waals surface area contributed by atoms with Crippen LogP contribution >= 0.6 is 0 Å². The fourth-order valence-corrected chi connectivity index (χ4v) is 2.01. The zero-order chi connectivity index (χ0) is 9.97. The molecule has 14 heavy (non-hydrogen) atoms. The highest BCUT2D eigenvalue weighted by Gasteiger charge is 2.30. The highest BCUT2D eigenvalue weighted by atomic mass is 16.5. The van der Waals surface area contributed by atoms with Crippen LogP contribution in [0.2, 0.25) is 0 Å². The Morgan fingerprint density at radius 2 is 2.57 bits per heavy atom. The molecule has 2 rings (SSSR count). The summed E-state index contributed by atoms with van der Waals surface area (Å²) in [5, 5.41) is 3.20. The summed E-state index contributed by atoms with van der Waals surface area (Å²) in [4.78, 5) is 4.34. The first-order chi connectivity index (χ1) is 6.81. The number of nitrogens with zero attached hydrogens (tertiary/aromatic N) is 2. The van der Waals surface area contributed by atoms with Crippen molar-refractivity contribution >= 4 is 0 Å². The average Bonchev–Trinajstić information content (AvgIpc) is 2.74. The molecule has 2 unspecified atom stereocenters. The lowest BCUT2D eigenvalue weighted by Gasteiger charge is -2.15. The van der Waals surface area contributed by atoms with Gasteiger partial charge in [0.15, 0.2) is 0 Å². The summed E-state index contributed by atoms with van der Waals surface area (Å²) in [6.45, 7) is 1.86. The Morgan fingerprint density at radius 3 is 3.21 bits per heavy atom. The predicted octanol–water partition coefficient (Wildman–Crippen LogP) is 0.717. The maximum absolute atomic E-state index is 5.70. The van der Waals surface area contributed by atoms with Crippen LogP contribution in [-0.2, 0) is 11.8 Å². The van der Waals surface area contributed by atoms with E-state index in [0.717, 1.165) is 25.3 Å². The molecule has 1 N–H and O–H groups in total. The topological polar surface area (TPSA) is 39.1 Å². The van der Waals surface area contributed by atoms with Gasteiger partial charge in [-0.3, -0.25) is 0 Å². The molecule has 1 aliphatic rings. The Morgan fingerprint density at radius 1 is 1.71 bits per heavy atom. The van der Waals surface area contributed by atoms with Gasteiger partial charge in [-0.1, -0.05) is 0 Å². The zero-order valence-electron chi connectivity index (χ0n) is 8.73. The van der Waals surface area contributed by atoms with E-state index in [1.165, 1.54) is 0 Å². The van der Waals surface area contributed by atoms with Crippen molar-refractivity contribution in [2.45, 2.75) is 12.5 Å². The first kappa shape index (κ1) is 9.68. The fourth-order valence-electron chi connectivity index (χ4n) is 2.01. The lowest BCUT2D eigenvalue weighted by molar-refractivity contribution is 0.0878. The van der Waals surface area contributed by atoms with Crippen LogP contribution in [0.4, 0.5) is 0 Å². The molecule has 78 valence electrons. The lowest BCUT2D eigenvalue weighted by atomic mass is 9.99. The lowest BCUT2D eigenvalue weighted by Crippen LogP contribution is -2.21. The fraction of sp³-hybridized carbons (Fsp3) is 0.700. The van der Waals surface area contributed by atoms with Gasteiger partial charge in [0, 0.05) is 32.3 Å². The van der Waals surface area contributed by atoms with Gasteiger partial charge in [-0.2, -0.15) is 0 Å². The molecule has 1 saturated heterocycles. The molecule has 1 aromatic rings. The van der Waals surface area contributed by atoms with Crippen molar-refractivity contribution < 1.29 is 4.74 Å². The molecule has 0 bridgehead atoms. The molecule has 1 aliphatic heterocycles. The Bertz CT molecular complexity index is 297. The van der Waals surface area contributed by atoms with Crippen molar-refractivity contribution in [3.63, 3.8) is 0 Å². The maximum Gasteiger partial charge on any atom is 0.105 e. The Balaban J connectivity index is 2.09. The van der Waals surface area contributed by atoms with Crippen molar-refractivity contribution in [2.75, 3.05) is 20.2 Å². The van der Waals surface area contributed by atoms with E-state index < -0.39 is 0 Å². The summed E-state index contributed by atoms with van der Waals surface area (Å²) in [7, 11) is 3.96. The Hall–Kier alpha value is -0.870. The van der Waals surface area contributed by atoms with Gasteiger partial charge in [0.1, 0.15) is 6.10 Å². The molecule has 4 heteroatoms. The number of hydrogen-bond donors (Lipinski definition) is 1. The summed E-state index contributed by atoms with van der Waals surface area (Å²) in [5.74, 6) is 0.565. The molecule has 0 radical (unpaired) electrons. The quantitative estimate of drug-likeness (QED) is 0.772. The largest absolute Gasteiger partial charge is 0.372 e. The van der Waals surface area contributed by atoms with E-state index in [1.807, 2.05) is 31.2 Å². The SMILES string of the molecule is CNCC1CCOC1c1cn(C)cn1. The highest BCUT2D eigenvalue weighted by Crippen LogP contribution is 2.32. The first-order valence-corrected chi connectivity index (χ1v) is 5.05. The molecule has 0 spiro atoms. The van der Waals surface area contributed by atoms with Crippen LogP contribution in [0.5, 0.6) is 0 Å². The molecular weight excluding hydrogens is 178 g/mol. The van der Waals surface area contributed by atoms with Gasteiger partial charge in [-0.15, -0.1) is 0 Å². The average molecular weight is 195 g/mol. The second kappa shape index (κ2) is 4.11. The number of rotatable bonds is 3. The number of aryl methyl sites for hydroxylation is 1. The van der Waals surface area contributed by atoms with E-state index in [0.29, 0.717) is 5.92 Å². The summed E-state index contributed by atoms with van der Waals surface area (Å²) < 4.78 is 7.67. The number of imidazole rings is 1. The minimum absolute atomic E-state index is 0.184. The number of nitrogens with one attached hydrogen (secondary N) is 1. The molecule has 0 saturated carbocycles. The van der Waals surface area contributed by atoms with Crippen LogP contribution in [0.25, 0.3) is 0 Å². The van der Waals surface area contributed by atoms with Crippen molar-refractivity contribution in [1.82, 2.24) is 14.9 Å². The normalized spacial score (nSPS) is 27.0. The molecule has 4 nitrogen and oxygen atoms in total. The van der Waals surface area contributed by atoms with E-state index >= 15 is 0 Å². The molecule has 1 aromatic heterocycles. The van der Waals surface area contributed by atoms with Gasteiger partial charge in [0.2, 0.25) is 0 Å². The van der Waals surface area contributed by atoms with Crippen molar-refractivity contribution in [3.05, 3.63) is 18.2 Å². The highest BCUT2D eigenvalue weighted by molar-refractivity contribution is 5.04. The third kappa shape index (κ3) is 1.81. The standard InChI is InChI=1S/C10H17N3O/c1-11-5-8-3-4-14-10(8)9-6-13(2)7-12-9/h6-8,10-11H,3-5H2,1-2H3. The number of ether oxygens (including phenoxy) is 1. The van der Waals surface area contributed by atoms with Gasteiger partial charge < -0.3 is 14.6 Å². The van der Waals surface area contributed by atoms with E-state index in [2.05, 4.69) is 10.3 Å². The molecule has 0 aliphatic carbocycles. The van der Waals surface area contributed by atoms with Gasteiger partial charge in [-0.05, 0) is 13.5 Å². The summed E-state index contributed by atoms with van der Waals surface area (Å²) >= 11 is 0. The van der Waals surface area contributed by atoms with E-state index in [9.17, 15) is 0 Å². The van der Waals surface area contributed by atoms with Gasteiger partial charge in [0.05, 0.1) is 12.0 Å². The predicted molar refractivity (Wildman–Crippen MR) is 53.9 cm³/mol. The minimum Gasteiger partial charge on any atom is -0.372 e. The first-order valence-electron chi connectivity index (χ1n) is 5.05. The van der Waals surface area contributed by atoms with Crippen LogP contribution in [0.3, 0.4) is 0 Å². The molecule has 0 aromatic carbocycles. The third-order valence-electron chi connectivity index (χ3n) is 2.70. The van der Waals surface area contributed by atoms with Crippen molar-refractivity contribution in [2.24, 2.45) is 13.0 Å². The third-order valence-corrected chi connectivity index (χ3v) is 2.70. The maximum atomic E-state index is 5.70. The van der Waals surface area contributed by atoms with Gasteiger partial charge in [0.25, 0.3) is 0 Å². The second-order valence-electron chi connectivity index (χ2n) is 3.86. The summed E-state index contributed by atoms with van der Waals surface area (Å²) in [5.41, 5.74) is 1.06. The number of aromatic nitrogens is 2. The van der Waals surface area contributed by atoms with E-state index in [1.54, 1.807) is 0 Å². The van der Waals surface area contributed by atoms with Crippen molar-refractivity contribution in [3.8, 4) is 0 Å². The Labute approximate surface area is 84.3 Å².